The third-order valence-electron chi connectivity index (χ3n) is 4.87. The van der Waals surface area contributed by atoms with E-state index in [1.807, 2.05) is 0 Å². The van der Waals surface area contributed by atoms with Crippen molar-refractivity contribution in [2.24, 2.45) is 11.8 Å². The van der Waals surface area contributed by atoms with Gasteiger partial charge in [0.05, 0.1) is 18.7 Å². The largest absolute Gasteiger partial charge is 0.444 e. The zero-order valence-electron chi connectivity index (χ0n) is 17.2. The van der Waals surface area contributed by atoms with E-state index in [-0.39, 0.29) is 12.0 Å². The van der Waals surface area contributed by atoms with Gasteiger partial charge < -0.3 is 14.8 Å². The third-order valence-corrected chi connectivity index (χ3v) is 4.87. The molecule has 1 N–H and O–H groups in total. The predicted octanol–water partition coefficient (Wildman–Crippen LogP) is 4.27. The second-order valence-corrected chi connectivity index (χ2v) is 8.42. The molecule has 1 fully saturated rings. The summed E-state index contributed by atoms with van der Waals surface area (Å²) in [7, 11) is 0. The molecule has 1 aliphatic rings. The van der Waals surface area contributed by atoms with Crippen molar-refractivity contribution >= 4 is 6.09 Å². The molecule has 162 valence electrons. The molecular weight excluding hydrogens is 399 g/mol. The molecule has 1 saturated heterocycles. The van der Waals surface area contributed by atoms with E-state index in [9.17, 15) is 28.5 Å². The molecule has 1 aromatic rings. The summed E-state index contributed by atoms with van der Waals surface area (Å²) >= 11 is 0. The van der Waals surface area contributed by atoms with Gasteiger partial charge in [-0.3, -0.25) is 0 Å². The van der Waals surface area contributed by atoms with Crippen LogP contribution in [0.25, 0.3) is 0 Å². The summed E-state index contributed by atoms with van der Waals surface area (Å²) < 4.78 is 54.2. The summed E-state index contributed by atoms with van der Waals surface area (Å²) in [5.74, 6) is -6.64. The fourth-order valence-corrected chi connectivity index (χ4v) is 3.70. The standard InChI is InChI=1S/C21H24F3N3O3/c1-19(2,3)30-18(28)27-21(14-7-5-6-8-16(14)22)12-29-17(20(4,23)24)15(21)9-13(10-25)11-26/h5-8,13,15,17H,9,12H2,1-4H3,(H,27,28)/t15-,17+,21-/m1/s1. The molecule has 6 nitrogen and oxygen atoms in total. The zero-order chi connectivity index (χ0) is 22.7. The SMILES string of the molecule is CC(C)(C)OC(=O)N[C@@]1(c2ccccc2F)CO[C@H](C(C)(F)F)[C@H]1CC(C#N)C#N. The van der Waals surface area contributed by atoms with E-state index in [1.165, 1.54) is 18.2 Å². The van der Waals surface area contributed by atoms with Crippen LogP contribution in [-0.2, 0) is 15.0 Å². The highest BCUT2D eigenvalue weighted by molar-refractivity contribution is 5.69. The lowest BCUT2D eigenvalue weighted by Crippen LogP contribution is -2.55. The van der Waals surface area contributed by atoms with E-state index < -0.39 is 53.5 Å². The summed E-state index contributed by atoms with van der Waals surface area (Å²) in [5, 5.41) is 21.0. The van der Waals surface area contributed by atoms with Gasteiger partial charge in [-0.1, -0.05) is 18.2 Å². The molecule has 0 saturated carbocycles. The Hall–Kier alpha value is -2.78. The minimum atomic E-state index is -3.37. The molecule has 9 heteroatoms. The Labute approximate surface area is 173 Å². The second kappa shape index (κ2) is 8.53. The van der Waals surface area contributed by atoms with Crippen molar-refractivity contribution in [2.75, 3.05) is 6.61 Å². The van der Waals surface area contributed by atoms with Crippen LogP contribution in [0.15, 0.2) is 24.3 Å². The Bertz CT molecular complexity index is 853. The lowest BCUT2D eigenvalue weighted by Gasteiger charge is -2.38. The van der Waals surface area contributed by atoms with E-state index >= 15 is 0 Å². The van der Waals surface area contributed by atoms with Crippen molar-refractivity contribution in [3.63, 3.8) is 0 Å². The lowest BCUT2D eigenvalue weighted by atomic mass is 9.72. The number of ether oxygens (including phenoxy) is 2. The molecular formula is C21H24F3N3O3. The van der Waals surface area contributed by atoms with Crippen molar-refractivity contribution in [1.82, 2.24) is 5.32 Å². The zero-order valence-corrected chi connectivity index (χ0v) is 17.2. The van der Waals surface area contributed by atoms with Gasteiger partial charge in [-0.05, 0) is 33.3 Å². The van der Waals surface area contributed by atoms with Crippen molar-refractivity contribution in [3.05, 3.63) is 35.6 Å². The van der Waals surface area contributed by atoms with Crippen LogP contribution in [0.3, 0.4) is 0 Å². The topological polar surface area (TPSA) is 95.1 Å². The Morgan fingerprint density at radius 2 is 1.90 bits per heavy atom. The number of amides is 1. The number of carbonyl (C=O) groups is 1. The summed E-state index contributed by atoms with van der Waals surface area (Å²) in [6.45, 7) is 5.03. The van der Waals surface area contributed by atoms with E-state index in [2.05, 4.69) is 5.32 Å². The molecule has 1 aliphatic heterocycles. The molecule has 0 bridgehead atoms. The monoisotopic (exact) mass is 423 g/mol. The van der Waals surface area contributed by atoms with Crippen molar-refractivity contribution in [1.29, 1.82) is 10.5 Å². The van der Waals surface area contributed by atoms with Crippen LogP contribution in [0.5, 0.6) is 0 Å². The summed E-state index contributed by atoms with van der Waals surface area (Å²) in [6.07, 6.45) is -3.06. The van der Waals surface area contributed by atoms with Gasteiger partial charge in [0.15, 0.2) is 0 Å². The van der Waals surface area contributed by atoms with E-state index in [1.54, 1.807) is 32.9 Å². The Kier molecular flexibility index (Phi) is 6.68. The van der Waals surface area contributed by atoms with Gasteiger partial charge in [-0.2, -0.15) is 10.5 Å². The average Bonchev–Trinajstić information content (AvgIpc) is 2.97. The summed E-state index contributed by atoms with van der Waals surface area (Å²) in [6, 6.07) is 8.90. The summed E-state index contributed by atoms with van der Waals surface area (Å²) in [5.41, 5.74) is -2.74. The number of nitrogens with zero attached hydrogens (tertiary/aromatic N) is 2. The number of nitrogens with one attached hydrogen (secondary N) is 1. The fraction of sp³-hybridized carbons (Fsp3) is 0.571. The lowest BCUT2D eigenvalue weighted by molar-refractivity contribution is -0.117. The number of alkyl halides is 2. The number of hydrogen-bond acceptors (Lipinski definition) is 5. The highest BCUT2D eigenvalue weighted by Crippen LogP contribution is 2.48. The number of nitriles is 2. The molecule has 3 atom stereocenters. The maximum Gasteiger partial charge on any atom is 0.408 e. The van der Waals surface area contributed by atoms with Gasteiger partial charge in [0, 0.05) is 18.4 Å². The molecule has 2 rings (SSSR count). The molecule has 0 radical (unpaired) electrons. The van der Waals surface area contributed by atoms with Gasteiger partial charge in [-0.15, -0.1) is 0 Å². The van der Waals surface area contributed by atoms with E-state index in [0.717, 1.165) is 6.07 Å². The number of alkyl carbamates (subject to hydrolysis) is 1. The van der Waals surface area contributed by atoms with E-state index in [4.69, 9.17) is 9.47 Å². The quantitative estimate of drug-likeness (QED) is 0.763. The first-order chi connectivity index (χ1) is 13.8. The van der Waals surface area contributed by atoms with Crippen molar-refractivity contribution in [2.45, 2.75) is 57.3 Å². The van der Waals surface area contributed by atoms with Gasteiger partial charge in [0.25, 0.3) is 5.92 Å². The average molecular weight is 423 g/mol. The number of hydrogen-bond donors (Lipinski definition) is 1. The first-order valence-electron chi connectivity index (χ1n) is 9.39. The smallest absolute Gasteiger partial charge is 0.408 e. The maximum atomic E-state index is 14.8. The van der Waals surface area contributed by atoms with Crippen LogP contribution in [-0.4, -0.2) is 30.3 Å². The molecule has 0 unspecified atom stereocenters. The minimum absolute atomic E-state index is 0.0813. The third kappa shape index (κ3) is 5.03. The predicted molar refractivity (Wildman–Crippen MR) is 101 cm³/mol. The van der Waals surface area contributed by atoms with Gasteiger partial charge in [0.2, 0.25) is 0 Å². The van der Waals surface area contributed by atoms with E-state index in [0.29, 0.717) is 6.92 Å². The van der Waals surface area contributed by atoms with Gasteiger partial charge >= 0.3 is 6.09 Å². The van der Waals surface area contributed by atoms with Crippen LogP contribution < -0.4 is 5.32 Å². The summed E-state index contributed by atoms with van der Waals surface area (Å²) in [4.78, 5) is 12.6. The number of benzene rings is 1. The Morgan fingerprint density at radius 1 is 1.30 bits per heavy atom. The first-order valence-corrected chi connectivity index (χ1v) is 9.39. The molecule has 1 amide bonds. The number of halogens is 3. The molecule has 1 aromatic carbocycles. The second-order valence-electron chi connectivity index (χ2n) is 8.42. The highest BCUT2D eigenvalue weighted by Gasteiger charge is 2.59. The first kappa shape index (κ1) is 23.5. The normalized spacial score (nSPS) is 24.2. The number of carbonyl (C=O) groups excluding carboxylic acids is 1. The maximum absolute atomic E-state index is 14.8. The Morgan fingerprint density at radius 3 is 2.40 bits per heavy atom. The Balaban J connectivity index is 2.62. The molecule has 30 heavy (non-hydrogen) atoms. The van der Waals surface area contributed by atoms with Crippen LogP contribution in [0.1, 0.15) is 39.7 Å². The molecule has 0 spiro atoms. The van der Waals surface area contributed by atoms with Crippen LogP contribution in [0.2, 0.25) is 0 Å². The molecule has 1 heterocycles. The highest BCUT2D eigenvalue weighted by atomic mass is 19.3. The molecule has 0 aromatic heterocycles. The minimum Gasteiger partial charge on any atom is -0.444 e. The van der Waals surface area contributed by atoms with Crippen LogP contribution in [0.4, 0.5) is 18.0 Å². The van der Waals surface area contributed by atoms with Crippen LogP contribution in [0, 0.1) is 40.3 Å². The van der Waals surface area contributed by atoms with Crippen LogP contribution >= 0.6 is 0 Å². The van der Waals surface area contributed by atoms with Gasteiger partial charge in [0.1, 0.15) is 29.0 Å². The number of rotatable bonds is 5. The van der Waals surface area contributed by atoms with Crippen molar-refractivity contribution < 1.29 is 27.4 Å². The molecule has 0 aliphatic carbocycles. The van der Waals surface area contributed by atoms with Gasteiger partial charge in [-0.25, -0.2) is 18.0 Å². The van der Waals surface area contributed by atoms with Crippen molar-refractivity contribution in [3.8, 4) is 12.1 Å². The fourth-order valence-electron chi connectivity index (χ4n) is 3.70.